The van der Waals surface area contributed by atoms with Crippen molar-refractivity contribution < 1.29 is 9.47 Å². The Morgan fingerprint density at radius 2 is 1.81 bits per heavy atom. The van der Waals surface area contributed by atoms with E-state index in [2.05, 4.69) is 30.1 Å². The first kappa shape index (κ1) is 21.4. The molecule has 158 valence electrons. The van der Waals surface area contributed by atoms with Gasteiger partial charge in [-0.1, -0.05) is 66.2 Å². The van der Waals surface area contributed by atoms with E-state index >= 15 is 0 Å². The number of nitriles is 1. The molecule has 4 nitrogen and oxygen atoms in total. The third kappa shape index (κ3) is 5.05. The maximum atomic E-state index is 9.74. The van der Waals surface area contributed by atoms with Crippen LogP contribution in [0.4, 0.5) is 0 Å². The molecule has 0 aliphatic heterocycles. The van der Waals surface area contributed by atoms with Crippen LogP contribution in [0.3, 0.4) is 0 Å². The second-order valence-electron chi connectivity index (χ2n) is 7.26. The summed E-state index contributed by atoms with van der Waals surface area (Å²) < 4.78 is 11.4. The zero-order valence-electron chi connectivity index (χ0n) is 17.9. The number of hydrogen-bond acceptors (Lipinski definition) is 5. The monoisotopic (exact) mass is 438 g/mol. The highest BCUT2D eigenvalue weighted by molar-refractivity contribution is 7.11. The predicted molar refractivity (Wildman–Crippen MR) is 130 cm³/mol. The standard InChI is InChI=1S/C27H22N2O2S/c1-19-8-11-22(12-9-19)24-18-32-27(29-24)23(16-28)14-21-10-13-25(26(15-21)30-2)31-17-20-6-4-3-5-7-20/h3-15,18H,17H2,1-2H3/b23-14-. The van der Waals surface area contributed by atoms with Gasteiger partial charge in [0, 0.05) is 10.9 Å². The van der Waals surface area contributed by atoms with Gasteiger partial charge in [-0.05, 0) is 36.3 Å². The predicted octanol–water partition coefficient (Wildman–Crippen LogP) is 6.77. The van der Waals surface area contributed by atoms with Gasteiger partial charge in [-0.25, -0.2) is 4.98 Å². The van der Waals surface area contributed by atoms with Crippen LogP contribution in [0.15, 0.2) is 78.2 Å². The molecule has 5 heteroatoms. The summed E-state index contributed by atoms with van der Waals surface area (Å²) in [5.74, 6) is 1.27. The molecule has 0 aliphatic rings. The van der Waals surface area contributed by atoms with E-state index < -0.39 is 0 Å². The first-order chi connectivity index (χ1) is 15.7. The zero-order valence-corrected chi connectivity index (χ0v) is 18.7. The molecule has 0 fully saturated rings. The number of allylic oxidation sites excluding steroid dienone is 1. The highest BCUT2D eigenvalue weighted by Crippen LogP contribution is 2.32. The molecule has 0 aliphatic carbocycles. The van der Waals surface area contributed by atoms with Crippen molar-refractivity contribution in [3.05, 3.63) is 99.9 Å². The fourth-order valence-corrected chi connectivity index (χ4v) is 3.99. The van der Waals surface area contributed by atoms with E-state index in [-0.39, 0.29) is 0 Å². The Morgan fingerprint density at radius 1 is 1.03 bits per heavy atom. The van der Waals surface area contributed by atoms with Crippen LogP contribution in [0.25, 0.3) is 22.9 Å². The van der Waals surface area contributed by atoms with Crippen LogP contribution in [0.5, 0.6) is 11.5 Å². The average Bonchev–Trinajstić information content (AvgIpc) is 3.32. The minimum atomic E-state index is 0.455. The summed E-state index contributed by atoms with van der Waals surface area (Å²) in [6, 6.07) is 26.1. The summed E-state index contributed by atoms with van der Waals surface area (Å²) in [5, 5.41) is 12.4. The largest absolute Gasteiger partial charge is 0.493 e. The van der Waals surface area contributed by atoms with E-state index in [0.717, 1.165) is 22.4 Å². The number of nitrogens with zero attached hydrogens (tertiary/aromatic N) is 2. The molecule has 0 bridgehead atoms. The summed E-state index contributed by atoms with van der Waals surface area (Å²) >= 11 is 1.46. The van der Waals surface area contributed by atoms with Crippen molar-refractivity contribution in [2.45, 2.75) is 13.5 Å². The lowest BCUT2D eigenvalue weighted by Crippen LogP contribution is -1.97. The van der Waals surface area contributed by atoms with Crippen molar-refractivity contribution in [2.24, 2.45) is 0 Å². The molecule has 4 rings (SSSR count). The van der Waals surface area contributed by atoms with Gasteiger partial charge in [-0.2, -0.15) is 5.26 Å². The van der Waals surface area contributed by atoms with Gasteiger partial charge in [0.25, 0.3) is 0 Å². The average molecular weight is 439 g/mol. The molecule has 0 atom stereocenters. The molecule has 0 saturated heterocycles. The normalized spacial score (nSPS) is 11.1. The van der Waals surface area contributed by atoms with Crippen LogP contribution >= 0.6 is 11.3 Å². The summed E-state index contributed by atoms with van der Waals surface area (Å²) in [6.07, 6.45) is 1.82. The maximum Gasteiger partial charge on any atom is 0.161 e. The van der Waals surface area contributed by atoms with Crippen LogP contribution in [0, 0.1) is 18.3 Å². The molecule has 0 spiro atoms. The molecule has 0 radical (unpaired) electrons. The van der Waals surface area contributed by atoms with Crippen molar-refractivity contribution in [2.75, 3.05) is 7.11 Å². The lowest BCUT2D eigenvalue weighted by molar-refractivity contribution is 0.284. The first-order valence-electron chi connectivity index (χ1n) is 10.2. The molecule has 0 amide bonds. The van der Waals surface area contributed by atoms with E-state index in [0.29, 0.717) is 28.7 Å². The number of aryl methyl sites for hydroxylation is 1. The van der Waals surface area contributed by atoms with Crippen LogP contribution in [0.1, 0.15) is 21.7 Å². The Bertz CT molecular complexity index is 1270. The van der Waals surface area contributed by atoms with Crippen LogP contribution < -0.4 is 9.47 Å². The maximum absolute atomic E-state index is 9.74. The Morgan fingerprint density at radius 3 is 2.53 bits per heavy atom. The van der Waals surface area contributed by atoms with Crippen LogP contribution in [-0.2, 0) is 6.61 Å². The van der Waals surface area contributed by atoms with E-state index in [9.17, 15) is 5.26 Å². The van der Waals surface area contributed by atoms with E-state index in [1.54, 1.807) is 7.11 Å². The lowest BCUT2D eigenvalue weighted by atomic mass is 10.1. The molecule has 4 aromatic rings. The van der Waals surface area contributed by atoms with Crippen molar-refractivity contribution >= 4 is 23.0 Å². The van der Waals surface area contributed by atoms with Gasteiger partial charge in [-0.3, -0.25) is 0 Å². The Kier molecular flexibility index (Phi) is 6.64. The number of thiazole rings is 1. The van der Waals surface area contributed by atoms with Gasteiger partial charge >= 0.3 is 0 Å². The quantitative estimate of drug-likeness (QED) is 0.299. The fraction of sp³-hybridized carbons (Fsp3) is 0.111. The number of benzene rings is 3. The summed E-state index contributed by atoms with van der Waals surface area (Å²) in [7, 11) is 1.61. The summed E-state index contributed by atoms with van der Waals surface area (Å²) in [5.41, 5.74) is 5.54. The van der Waals surface area contributed by atoms with Crippen LogP contribution in [-0.4, -0.2) is 12.1 Å². The number of hydrogen-bond donors (Lipinski definition) is 0. The molecule has 0 unspecified atom stereocenters. The molecule has 3 aromatic carbocycles. The molecular formula is C27H22N2O2S. The summed E-state index contributed by atoms with van der Waals surface area (Å²) in [4.78, 5) is 4.67. The topological polar surface area (TPSA) is 55.1 Å². The van der Waals surface area contributed by atoms with Gasteiger partial charge in [0.1, 0.15) is 17.7 Å². The Hall–Kier alpha value is -3.88. The van der Waals surface area contributed by atoms with Crippen molar-refractivity contribution in [3.63, 3.8) is 0 Å². The number of methoxy groups -OCH3 is 1. The molecule has 1 heterocycles. The van der Waals surface area contributed by atoms with Crippen molar-refractivity contribution in [3.8, 4) is 28.8 Å². The smallest absolute Gasteiger partial charge is 0.161 e. The van der Waals surface area contributed by atoms with Crippen molar-refractivity contribution in [1.82, 2.24) is 4.98 Å². The zero-order chi connectivity index (χ0) is 22.3. The second kappa shape index (κ2) is 9.95. The van der Waals surface area contributed by atoms with Crippen LogP contribution in [0.2, 0.25) is 0 Å². The van der Waals surface area contributed by atoms with Gasteiger partial charge in [0.05, 0.1) is 18.4 Å². The molecular weight excluding hydrogens is 416 g/mol. The van der Waals surface area contributed by atoms with Gasteiger partial charge in [-0.15, -0.1) is 11.3 Å². The second-order valence-corrected chi connectivity index (χ2v) is 8.12. The van der Waals surface area contributed by atoms with E-state index in [4.69, 9.17) is 9.47 Å². The van der Waals surface area contributed by atoms with E-state index in [1.807, 2.05) is 72.1 Å². The third-order valence-corrected chi connectivity index (χ3v) is 5.81. The number of aromatic nitrogens is 1. The third-order valence-electron chi connectivity index (χ3n) is 4.94. The Labute approximate surface area is 192 Å². The summed E-state index contributed by atoms with van der Waals surface area (Å²) in [6.45, 7) is 2.51. The van der Waals surface area contributed by atoms with Crippen molar-refractivity contribution in [1.29, 1.82) is 5.26 Å². The number of rotatable bonds is 7. The SMILES string of the molecule is COc1cc(/C=C(/C#N)c2nc(-c3ccc(C)cc3)cs2)ccc1OCc1ccccc1. The van der Waals surface area contributed by atoms with E-state index in [1.165, 1.54) is 16.9 Å². The lowest BCUT2D eigenvalue weighted by Gasteiger charge is -2.11. The minimum absolute atomic E-state index is 0.455. The molecule has 32 heavy (non-hydrogen) atoms. The molecule has 1 aromatic heterocycles. The first-order valence-corrected chi connectivity index (χ1v) is 11.0. The highest BCUT2D eigenvalue weighted by atomic mass is 32.1. The highest BCUT2D eigenvalue weighted by Gasteiger charge is 2.11. The van der Waals surface area contributed by atoms with Gasteiger partial charge in [0.2, 0.25) is 0 Å². The van der Waals surface area contributed by atoms with Gasteiger partial charge in [0.15, 0.2) is 11.5 Å². The Balaban J connectivity index is 1.55. The van der Waals surface area contributed by atoms with Gasteiger partial charge < -0.3 is 9.47 Å². The molecule has 0 saturated carbocycles. The fourth-order valence-electron chi connectivity index (χ4n) is 3.19. The minimum Gasteiger partial charge on any atom is -0.493 e. The number of ether oxygens (including phenoxy) is 2. The molecule has 0 N–H and O–H groups in total.